The molecule has 0 heterocycles. The quantitative estimate of drug-likeness (QED) is 0.647. The van der Waals surface area contributed by atoms with Gasteiger partial charge in [0.1, 0.15) is 0 Å². The van der Waals surface area contributed by atoms with Crippen LogP contribution in [-0.4, -0.2) is 11.1 Å². The molecule has 0 spiro atoms. The highest BCUT2D eigenvalue weighted by atomic mass is 16.4. The number of aryl methyl sites for hydroxylation is 1. The van der Waals surface area contributed by atoms with Crippen LogP contribution in [0.4, 0.5) is 5.69 Å². The number of aliphatic carboxylic acids is 1. The molecule has 3 N–H and O–H groups in total. The standard InChI is InChI=1S/C9H11NO2/c1-6-2-3-7(5-9(11)12)8(10)4-6/h2-4H,5,10H2,1H3,(H,11,12). The summed E-state index contributed by atoms with van der Waals surface area (Å²) in [5.41, 5.74) is 7.88. The Labute approximate surface area is 70.8 Å². The number of benzene rings is 1. The Balaban J connectivity index is 2.93. The molecule has 0 bridgehead atoms. The molecule has 12 heavy (non-hydrogen) atoms. The highest BCUT2D eigenvalue weighted by molar-refractivity contribution is 5.72. The lowest BCUT2D eigenvalue weighted by molar-refractivity contribution is -0.136. The second-order valence-corrected chi connectivity index (χ2v) is 2.77. The topological polar surface area (TPSA) is 63.3 Å². The number of carbonyl (C=O) groups is 1. The first-order valence-electron chi connectivity index (χ1n) is 3.66. The normalized spacial score (nSPS) is 9.75. The third kappa shape index (κ3) is 1.99. The van der Waals surface area contributed by atoms with Crippen LogP contribution in [0.1, 0.15) is 11.1 Å². The first kappa shape index (κ1) is 8.59. The molecule has 64 valence electrons. The van der Waals surface area contributed by atoms with E-state index >= 15 is 0 Å². The molecule has 0 fully saturated rings. The van der Waals surface area contributed by atoms with Crippen molar-refractivity contribution in [3.05, 3.63) is 29.3 Å². The van der Waals surface area contributed by atoms with E-state index in [2.05, 4.69) is 0 Å². The molecule has 0 saturated heterocycles. The van der Waals surface area contributed by atoms with Gasteiger partial charge < -0.3 is 10.8 Å². The van der Waals surface area contributed by atoms with Crippen LogP contribution < -0.4 is 5.73 Å². The molecule has 3 nitrogen and oxygen atoms in total. The van der Waals surface area contributed by atoms with Crippen molar-refractivity contribution in [1.82, 2.24) is 0 Å². The molecule has 0 amide bonds. The molecular formula is C9H11NO2. The van der Waals surface area contributed by atoms with E-state index in [1.165, 1.54) is 0 Å². The third-order valence-electron chi connectivity index (χ3n) is 1.64. The maximum absolute atomic E-state index is 10.4. The minimum Gasteiger partial charge on any atom is -0.481 e. The van der Waals surface area contributed by atoms with Gasteiger partial charge in [0, 0.05) is 5.69 Å². The maximum atomic E-state index is 10.4. The fourth-order valence-electron chi connectivity index (χ4n) is 1.04. The van der Waals surface area contributed by atoms with Gasteiger partial charge in [-0.05, 0) is 24.1 Å². The number of rotatable bonds is 2. The van der Waals surface area contributed by atoms with Crippen LogP contribution in [0.3, 0.4) is 0 Å². The lowest BCUT2D eigenvalue weighted by Crippen LogP contribution is -2.03. The first-order chi connectivity index (χ1) is 5.59. The van der Waals surface area contributed by atoms with E-state index in [0.29, 0.717) is 11.3 Å². The van der Waals surface area contributed by atoms with Crippen molar-refractivity contribution in [1.29, 1.82) is 0 Å². The highest BCUT2D eigenvalue weighted by Gasteiger charge is 2.03. The summed E-state index contributed by atoms with van der Waals surface area (Å²) in [5, 5.41) is 8.51. The molecule has 1 aromatic rings. The summed E-state index contributed by atoms with van der Waals surface area (Å²) in [7, 11) is 0. The van der Waals surface area contributed by atoms with Crippen LogP contribution in [0.2, 0.25) is 0 Å². The van der Waals surface area contributed by atoms with E-state index in [0.717, 1.165) is 5.56 Å². The molecule has 0 radical (unpaired) electrons. The third-order valence-corrected chi connectivity index (χ3v) is 1.64. The lowest BCUT2D eigenvalue weighted by Gasteiger charge is -2.02. The maximum Gasteiger partial charge on any atom is 0.307 e. The molecule has 0 aliphatic carbocycles. The molecular weight excluding hydrogens is 154 g/mol. The summed E-state index contributed by atoms with van der Waals surface area (Å²) in [4.78, 5) is 10.4. The van der Waals surface area contributed by atoms with Crippen LogP contribution in [0.5, 0.6) is 0 Å². The van der Waals surface area contributed by atoms with Crippen molar-refractivity contribution in [2.45, 2.75) is 13.3 Å². The van der Waals surface area contributed by atoms with Gasteiger partial charge in [0.05, 0.1) is 6.42 Å². The second-order valence-electron chi connectivity index (χ2n) is 2.77. The van der Waals surface area contributed by atoms with Crippen molar-refractivity contribution in [3.8, 4) is 0 Å². The van der Waals surface area contributed by atoms with E-state index < -0.39 is 5.97 Å². The fourth-order valence-corrected chi connectivity index (χ4v) is 1.04. The second kappa shape index (κ2) is 3.26. The SMILES string of the molecule is Cc1ccc(CC(=O)O)c(N)c1. The molecule has 1 rings (SSSR count). The Bertz CT molecular complexity index is 307. The number of nitrogens with two attached hydrogens (primary N) is 1. The number of nitrogen functional groups attached to an aromatic ring is 1. The van der Waals surface area contributed by atoms with Crippen molar-refractivity contribution in [3.63, 3.8) is 0 Å². The van der Waals surface area contributed by atoms with Crippen LogP contribution >= 0.6 is 0 Å². The van der Waals surface area contributed by atoms with E-state index in [-0.39, 0.29) is 6.42 Å². The van der Waals surface area contributed by atoms with Gasteiger partial charge in [0.15, 0.2) is 0 Å². The average Bonchev–Trinajstić information content (AvgIpc) is 1.94. The van der Waals surface area contributed by atoms with Gasteiger partial charge >= 0.3 is 5.97 Å². The van der Waals surface area contributed by atoms with Gasteiger partial charge in [0.2, 0.25) is 0 Å². The number of anilines is 1. The largest absolute Gasteiger partial charge is 0.481 e. The number of carboxylic acids is 1. The highest BCUT2D eigenvalue weighted by Crippen LogP contribution is 2.13. The van der Waals surface area contributed by atoms with E-state index in [1.54, 1.807) is 12.1 Å². The zero-order valence-corrected chi connectivity index (χ0v) is 6.87. The van der Waals surface area contributed by atoms with E-state index in [9.17, 15) is 4.79 Å². The lowest BCUT2D eigenvalue weighted by atomic mass is 10.1. The molecule has 0 aromatic heterocycles. The van der Waals surface area contributed by atoms with E-state index in [4.69, 9.17) is 10.8 Å². The fraction of sp³-hybridized carbons (Fsp3) is 0.222. The van der Waals surface area contributed by atoms with Crippen LogP contribution in [0.15, 0.2) is 18.2 Å². The number of carboxylic acid groups (broad SMARTS) is 1. The summed E-state index contributed by atoms with van der Waals surface area (Å²) in [6.07, 6.45) is -0.00782. The van der Waals surface area contributed by atoms with Gasteiger partial charge in [-0.2, -0.15) is 0 Å². The predicted octanol–water partition coefficient (Wildman–Crippen LogP) is 1.20. The molecule has 0 aliphatic rings. The summed E-state index contributed by atoms with van der Waals surface area (Å²) in [6.45, 7) is 1.92. The Morgan fingerprint density at radius 3 is 2.75 bits per heavy atom. The minimum atomic E-state index is -0.856. The monoisotopic (exact) mass is 165 g/mol. The minimum absolute atomic E-state index is 0.00782. The Kier molecular flexibility index (Phi) is 2.33. The molecule has 3 heteroatoms. The molecule has 1 aromatic carbocycles. The summed E-state index contributed by atoms with van der Waals surface area (Å²) in [6, 6.07) is 5.38. The zero-order valence-electron chi connectivity index (χ0n) is 6.87. The van der Waals surface area contributed by atoms with Gasteiger partial charge in [0.25, 0.3) is 0 Å². The Morgan fingerprint density at radius 2 is 2.25 bits per heavy atom. The molecule has 0 unspecified atom stereocenters. The summed E-state index contributed by atoms with van der Waals surface area (Å²) in [5.74, 6) is -0.856. The van der Waals surface area contributed by atoms with Gasteiger partial charge in [-0.3, -0.25) is 4.79 Å². The number of hydrogen-bond acceptors (Lipinski definition) is 2. The molecule has 0 aliphatic heterocycles. The van der Waals surface area contributed by atoms with E-state index in [1.807, 2.05) is 13.0 Å². The predicted molar refractivity (Wildman–Crippen MR) is 46.9 cm³/mol. The van der Waals surface area contributed by atoms with Gasteiger partial charge in [-0.25, -0.2) is 0 Å². The number of hydrogen-bond donors (Lipinski definition) is 2. The average molecular weight is 165 g/mol. The summed E-state index contributed by atoms with van der Waals surface area (Å²) < 4.78 is 0. The Morgan fingerprint density at radius 1 is 1.58 bits per heavy atom. The molecule has 0 atom stereocenters. The van der Waals surface area contributed by atoms with Crippen molar-refractivity contribution in [2.75, 3.05) is 5.73 Å². The van der Waals surface area contributed by atoms with Crippen LogP contribution in [0.25, 0.3) is 0 Å². The van der Waals surface area contributed by atoms with Crippen molar-refractivity contribution >= 4 is 11.7 Å². The summed E-state index contributed by atoms with van der Waals surface area (Å²) >= 11 is 0. The van der Waals surface area contributed by atoms with Crippen molar-refractivity contribution < 1.29 is 9.90 Å². The van der Waals surface area contributed by atoms with Gasteiger partial charge in [-0.15, -0.1) is 0 Å². The Hall–Kier alpha value is -1.51. The first-order valence-corrected chi connectivity index (χ1v) is 3.66. The smallest absolute Gasteiger partial charge is 0.307 e. The van der Waals surface area contributed by atoms with Crippen LogP contribution in [0, 0.1) is 6.92 Å². The molecule has 0 saturated carbocycles. The zero-order chi connectivity index (χ0) is 9.14. The van der Waals surface area contributed by atoms with Crippen LogP contribution in [-0.2, 0) is 11.2 Å². The van der Waals surface area contributed by atoms with Crippen molar-refractivity contribution in [2.24, 2.45) is 0 Å². The van der Waals surface area contributed by atoms with Gasteiger partial charge in [-0.1, -0.05) is 12.1 Å².